The maximum atomic E-state index is 12.9. The lowest BCUT2D eigenvalue weighted by molar-refractivity contribution is -0.384. The van der Waals surface area contributed by atoms with Crippen LogP contribution in [0.1, 0.15) is 37.3 Å². The molecule has 2 aromatic rings. The zero-order valence-electron chi connectivity index (χ0n) is 18.9. The first-order chi connectivity index (χ1) is 15.7. The van der Waals surface area contributed by atoms with Crippen molar-refractivity contribution in [3.63, 3.8) is 0 Å². The third-order valence-corrected chi connectivity index (χ3v) is 7.04. The molecule has 0 unspecified atom stereocenters. The third-order valence-electron chi connectivity index (χ3n) is 5.80. The fraction of sp³-hybridized carbons (Fsp3) is 0.435. The molecule has 9 nitrogen and oxygen atoms in total. The number of nitro groups is 1. The second-order valence-electron chi connectivity index (χ2n) is 8.34. The average Bonchev–Trinajstić information content (AvgIpc) is 2.78. The molecule has 2 aromatic carbocycles. The molecular weight excluding hydrogens is 444 g/mol. The highest BCUT2D eigenvalue weighted by atomic mass is 32.2. The van der Waals surface area contributed by atoms with E-state index in [2.05, 4.69) is 10.2 Å². The first-order valence-electron chi connectivity index (χ1n) is 11.0. The number of piperidine rings is 1. The second kappa shape index (κ2) is 10.8. The van der Waals surface area contributed by atoms with Gasteiger partial charge in [0.15, 0.2) is 0 Å². The van der Waals surface area contributed by atoms with E-state index >= 15 is 0 Å². The van der Waals surface area contributed by atoms with Crippen molar-refractivity contribution in [3.8, 4) is 0 Å². The van der Waals surface area contributed by atoms with Crippen molar-refractivity contribution in [1.29, 1.82) is 0 Å². The van der Waals surface area contributed by atoms with Crippen LogP contribution < -0.4 is 9.62 Å². The predicted molar refractivity (Wildman–Crippen MR) is 127 cm³/mol. The number of rotatable bonds is 9. The van der Waals surface area contributed by atoms with Crippen LogP contribution in [0.15, 0.2) is 48.5 Å². The SMILES string of the molecule is C[C@H](C(=O)NCc1ccccc1CN1CCCCC1)N(c1cccc([N+](=O)[O-])c1)S(C)(=O)=O. The Kier molecular flexibility index (Phi) is 8.04. The molecule has 0 radical (unpaired) electrons. The van der Waals surface area contributed by atoms with Crippen LogP contribution in [0.4, 0.5) is 11.4 Å². The molecule has 1 amide bonds. The number of nitro benzene ring substituents is 1. The van der Waals surface area contributed by atoms with Gasteiger partial charge < -0.3 is 5.32 Å². The standard InChI is InChI=1S/C23H30N4O5S/c1-18(26(33(2,31)32)21-11-8-12-22(15-21)27(29)30)23(28)24-16-19-9-4-5-10-20(19)17-25-13-6-3-7-14-25/h4-5,8-12,15,18H,3,6-7,13-14,16-17H2,1-2H3,(H,24,28)/t18-/m1/s1. The number of sulfonamides is 1. The molecule has 0 bridgehead atoms. The lowest BCUT2D eigenvalue weighted by Crippen LogP contribution is -2.47. The molecule has 0 aliphatic carbocycles. The van der Waals surface area contributed by atoms with Gasteiger partial charge in [0.05, 0.1) is 16.9 Å². The summed E-state index contributed by atoms with van der Waals surface area (Å²) in [5, 5.41) is 14.0. The van der Waals surface area contributed by atoms with Crippen molar-refractivity contribution in [2.24, 2.45) is 0 Å². The zero-order valence-corrected chi connectivity index (χ0v) is 19.8. The maximum absolute atomic E-state index is 12.9. The summed E-state index contributed by atoms with van der Waals surface area (Å²) in [5.74, 6) is -0.486. The summed E-state index contributed by atoms with van der Waals surface area (Å²) < 4.78 is 25.9. The molecule has 1 atom stereocenters. The number of carbonyl (C=O) groups is 1. The van der Waals surface area contributed by atoms with Gasteiger partial charge >= 0.3 is 0 Å². The van der Waals surface area contributed by atoms with Crippen molar-refractivity contribution < 1.29 is 18.1 Å². The quantitative estimate of drug-likeness (QED) is 0.441. The first-order valence-corrected chi connectivity index (χ1v) is 12.8. The Labute approximate surface area is 194 Å². The molecule has 0 aromatic heterocycles. The Balaban J connectivity index is 1.74. The highest BCUT2D eigenvalue weighted by Gasteiger charge is 2.30. The Morgan fingerprint density at radius 2 is 1.79 bits per heavy atom. The van der Waals surface area contributed by atoms with Gasteiger partial charge in [0.2, 0.25) is 15.9 Å². The van der Waals surface area contributed by atoms with Gasteiger partial charge in [0.1, 0.15) is 6.04 Å². The van der Waals surface area contributed by atoms with Gasteiger partial charge in [0, 0.05) is 25.2 Å². The second-order valence-corrected chi connectivity index (χ2v) is 10.2. The summed E-state index contributed by atoms with van der Waals surface area (Å²) in [5.41, 5.74) is 1.93. The number of amides is 1. The number of benzene rings is 2. The lowest BCUT2D eigenvalue weighted by atomic mass is 10.0. The van der Waals surface area contributed by atoms with Crippen molar-refractivity contribution in [2.45, 2.75) is 45.3 Å². The topological polar surface area (TPSA) is 113 Å². The molecule has 1 aliphatic rings. The first kappa shape index (κ1) is 24.7. The Bertz CT molecular complexity index is 1100. The molecule has 0 spiro atoms. The van der Waals surface area contributed by atoms with Crippen molar-refractivity contribution >= 4 is 27.3 Å². The van der Waals surface area contributed by atoms with E-state index in [1.807, 2.05) is 24.3 Å². The van der Waals surface area contributed by atoms with Gasteiger partial charge in [-0.2, -0.15) is 0 Å². The normalized spacial score (nSPS) is 15.6. The molecule has 1 saturated heterocycles. The molecule has 1 fully saturated rings. The van der Waals surface area contributed by atoms with Gasteiger partial charge in [0.25, 0.3) is 5.69 Å². The maximum Gasteiger partial charge on any atom is 0.271 e. The number of hydrogen-bond acceptors (Lipinski definition) is 6. The Morgan fingerprint density at radius 1 is 1.12 bits per heavy atom. The molecule has 10 heteroatoms. The van der Waals surface area contributed by atoms with E-state index < -0.39 is 26.9 Å². The van der Waals surface area contributed by atoms with E-state index in [1.54, 1.807) is 0 Å². The minimum Gasteiger partial charge on any atom is -0.350 e. The smallest absolute Gasteiger partial charge is 0.271 e. The highest BCUT2D eigenvalue weighted by molar-refractivity contribution is 7.92. The number of anilines is 1. The fourth-order valence-electron chi connectivity index (χ4n) is 4.13. The van der Waals surface area contributed by atoms with E-state index in [0.29, 0.717) is 0 Å². The van der Waals surface area contributed by atoms with Gasteiger partial charge in [-0.05, 0) is 50.0 Å². The van der Waals surface area contributed by atoms with E-state index in [0.717, 1.165) is 47.4 Å². The number of nitrogens with one attached hydrogen (secondary N) is 1. The summed E-state index contributed by atoms with van der Waals surface area (Å²) in [6, 6.07) is 12.1. The summed E-state index contributed by atoms with van der Waals surface area (Å²) >= 11 is 0. The highest BCUT2D eigenvalue weighted by Crippen LogP contribution is 2.25. The van der Waals surface area contributed by atoms with Crippen molar-refractivity contribution in [3.05, 3.63) is 69.8 Å². The molecule has 1 N–H and O–H groups in total. The van der Waals surface area contributed by atoms with Crippen LogP contribution in [0.3, 0.4) is 0 Å². The fourth-order valence-corrected chi connectivity index (χ4v) is 5.29. The number of carbonyl (C=O) groups excluding carboxylic acids is 1. The van der Waals surface area contributed by atoms with Crippen LogP contribution in [0.2, 0.25) is 0 Å². The zero-order chi connectivity index (χ0) is 24.0. The van der Waals surface area contributed by atoms with Gasteiger partial charge in [-0.3, -0.25) is 24.1 Å². The molecule has 1 heterocycles. The molecule has 0 saturated carbocycles. The number of hydrogen-bond donors (Lipinski definition) is 1. The molecular formula is C23H30N4O5S. The Hall–Kier alpha value is -2.98. The minimum atomic E-state index is -3.87. The third kappa shape index (κ3) is 6.52. The minimum absolute atomic E-state index is 0.0693. The van der Waals surface area contributed by atoms with E-state index in [9.17, 15) is 23.3 Å². The van der Waals surface area contributed by atoms with Gasteiger partial charge in [-0.25, -0.2) is 8.42 Å². The summed E-state index contributed by atoms with van der Waals surface area (Å²) in [6.45, 7) is 4.66. The average molecular weight is 475 g/mol. The summed E-state index contributed by atoms with van der Waals surface area (Å²) in [6.07, 6.45) is 4.61. The Morgan fingerprint density at radius 3 is 2.42 bits per heavy atom. The predicted octanol–water partition coefficient (Wildman–Crippen LogP) is 3.05. The van der Waals surface area contributed by atoms with E-state index in [4.69, 9.17) is 0 Å². The van der Waals surface area contributed by atoms with Crippen LogP contribution in [-0.4, -0.2) is 49.5 Å². The molecule has 178 valence electrons. The number of nitrogens with zero attached hydrogens (tertiary/aromatic N) is 3. The summed E-state index contributed by atoms with van der Waals surface area (Å²) in [7, 11) is -3.87. The number of non-ortho nitro benzene ring substituents is 1. The van der Waals surface area contributed by atoms with Crippen LogP contribution in [0, 0.1) is 10.1 Å². The van der Waals surface area contributed by atoms with E-state index in [-0.39, 0.29) is 17.9 Å². The van der Waals surface area contributed by atoms with Crippen LogP contribution in [0.25, 0.3) is 0 Å². The van der Waals surface area contributed by atoms with Crippen LogP contribution in [-0.2, 0) is 27.9 Å². The number of likely N-dealkylation sites (tertiary alicyclic amines) is 1. The van der Waals surface area contributed by atoms with Crippen molar-refractivity contribution in [2.75, 3.05) is 23.7 Å². The van der Waals surface area contributed by atoms with Gasteiger partial charge in [-0.15, -0.1) is 0 Å². The van der Waals surface area contributed by atoms with Gasteiger partial charge in [-0.1, -0.05) is 36.8 Å². The molecule has 1 aliphatic heterocycles. The van der Waals surface area contributed by atoms with E-state index in [1.165, 1.54) is 44.4 Å². The molecule has 33 heavy (non-hydrogen) atoms. The summed E-state index contributed by atoms with van der Waals surface area (Å²) in [4.78, 5) is 25.9. The van der Waals surface area contributed by atoms with Crippen LogP contribution >= 0.6 is 0 Å². The lowest BCUT2D eigenvalue weighted by Gasteiger charge is -2.29. The van der Waals surface area contributed by atoms with Crippen molar-refractivity contribution in [1.82, 2.24) is 10.2 Å². The largest absolute Gasteiger partial charge is 0.350 e. The van der Waals surface area contributed by atoms with Crippen LogP contribution in [0.5, 0.6) is 0 Å². The monoisotopic (exact) mass is 474 g/mol. The molecule has 3 rings (SSSR count).